The topological polar surface area (TPSA) is 72.2 Å². The number of anilines is 1. The van der Waals surface area contributed by atoms with Gasteiger partial charge in [0.05, 0.1) is 11.3 Å². The molecule has 0 saturated carbocycles. The van der Waals surface area contributed by atoms with Crippen LogP contribution in [0.2, 0.25) is 0 Å². The summed E-state index contributed by atoms with van der Waals surface area (Å²) >= 11 is 0. The van der Waals surface area contributed by atoms with E-state index >= 15 is 0 Å². The van der Waals surface area contributed by atoms with Gasteiger partial charge in [-0.2, -0.15) is 0 Å². The lowest BCUT2D eigenvalue weighted by atomic mass is 10.1. The van der Waals surface area contributed by atoms with Crippen LogP contribution in [-0.2, 0) is 0 Å². The van der Waals surface area contributed by atoms with E-state index in [4.69, 9.17) is 5.73 Å². The van der Waals surface area contributed by atoms with Gasteiger partial charge in [0, 0.05) is 11.6 Å². The summed E-state index contributed by atoms with van der Waals surface area (Å²) in [5.41, 5.74) is 4.46. The fourth-order valence-electron chi connectivity index (χ4n) is 1.62. The predicted octanol–water partition coefficient (Wildman–Crippen LogP) is 2.32. The van der Waals surface area contributed by atoms with Gasteiger partial charge < -0.3 is 11.1 Å². The molecule has 4 nitrogen and oxygen atoms in total. The number of rotatable bonds is 3. The molecule has 0 spiro atoms. The average molecular weight is 276 g/mol. The minimum Gasteiger partial charge on any atom is -0.366 e. The van der Waals surface area contributed by atoms with E-state index in [-0.39, 0.29) is 5.69 Å². The number of halogens is 2. The third-order valence-corrected chi connectivity index (χ3v) is 2.61. The molecule has 0 radical (unpaired) electrons. The molecule has 2 amide bonds. The first kappa shape index (κ1) is 13.7. The first-order valence-electron chi connectivity index (χ1n) is 5.64. The van der Waals surface area contributed by atoms with Crippen LogP contribution >= 0.6 is 0 Å². The molecule has 2 aromatic rings. The van der Waals surface area contributed by atoms with Gasteiger partial charge in [-0.1, -0.05) is 18.2 Å². The van der Waals surface area contributed by atoms with Crippen LogP contribution in [-0.4, -0.2) is 11.8 Å². The molecule has 0 aliphatic rings. The Bertz CT molecular complexity index is 672. The molecule has 0 atom stereocenters. The molecule has 0 heterocycles. The Hall–Kier alpha value is -2.76. The standard InChI is InChI=1S/C14H10F2N2O2/c15-10-7-11(16)12(6-9(10)13(17)19)18-14(20)8-4-2-1-3-5-8/h1-7H,(H2,17,19)(H,18,20). The average Bonchev–Trinajstić information content (AvgIpc) is 2.42. The van der Waals surface area contributed by atoms with Gasteiger partial charge in [0.2, 0.25) is 0 Å². The third-order valence-electron chi connectivity index (χ3n) is 2.61. The van der Waals surface area contributed by atoms with Crippen LogP contribution < -0.4 is 11.1 Å². The number of benzene rings is 2. The van der Waals surface area contributed by atoms with E-state index in [1.165, 1.54) is 12.1 Å². The van der Waals surface area contributed by atoms with Crippen LogP contribution in [0, 0.1) is 11.6 Å². The molecule has 20 heavy (non-hydrogen) atoms. The molecule has 0 unspecified atom stereocenters. The minimum atomic E-state index is -1.08. The van der Waals surface area contributed by atoms with Crippen molar-refractivity contribution < 1.29 is 18.4 Å². The third kappa shape index (κ3) is 2.80. The van der Waals surface area contributed by atoms with Crippen LogP contribution in [0.15, 0.2) is 42.5 Å². The molecule has 0 aliphatic heterocycles. The first-order chi connectivity index (χ1) is 9.49. The number of nitrogens with two attached hydrogens (primary N) is 1. The monoisotopic (exact) mass is 276 g/mol. The summed E-state index contributed by atoms with van der Waals surface area (Å²) in [7, 11) is 0. The molecule has 0 aromatic heterocycles. The van der Waals surface area contributed by atoms with Gasteiger partial charge in [-0.25, -0.2) is 8.78 Å². The van der Waals surface area contributed by atoms with Crippen molar-refractivity contribution >= 4 is 17.5 Å². The van der Waals surface area contributed by atoms with Crippen molar-refractivity contribution in [3.05, 3.63) is 65.2 Å². The second-order valence-corrected chi connectivity index (χ2v) is 4.00. The van der Waals surface area contributed by atoms with Gasteiger partial charge in [0.15, 0.2) is 0 Å². The number of carbonyl (C=O) groups is 2. The minimum absolute atomic E-state index is 0.303. The van der Waals surface area contributed by atoms with E-state index in [2.05, 4.69) is 5.32 Å². The summed E-state index contributed by atoms with van der Waals surface area (Å²) in [6.45, 7) is 0. The molecular weight excluding hydrogens is 266 g/mol. The Kier molecular flexibility index (Phi) is 3.74. The van der Waals surface area contributed by atoms with E-state index in [1.807, 2.05) is 0 Å². The van der Waals surface area contributed by atoms with Crippen LogP contribution in [0.3, 0.4) is 0 Å². The van der Waals surface area contributed by atoms with Crippen molar-refractivity contribution in [3.8, 4) is 0 Å². The largest absolute Gasteiger partial charge is 0.366 e. The molecule has 6 heteroatoms. The van der Waals surface area contributed by atoms with E-state index in [0.29, 0.717) is 11.6 Å². The number of hydrogen-bond donors (Lipinski definition) is 2. The smallest absolute Gasteiger partial charge is 0.255 e. The fraction of sp³-hybridized carbons (Fsp3) is 0. The van der Waals surface area contributed by atoms with Crippen molar-refractivity contribution in [1.82, 2.24) is 0 Å². The molecule has 0 aliphatic carbocycles. The lowest BCUT2D eigenvalue weighted by Crippen LogP contribution is -2.17. The van der Waals surface area contributed by atoms with Gasteiger partial charge in [-0.3, -0.25) is 9.59 Å². The van der Waals surface area contributed by atoms with Crippen molar-refractivity contribution in [2.24, 2.45) is 5.73 Å². The molecule has 0 fully saturated rings. The van der Waals surface area contributed by atoms with Gasteiger partial charge in [0.1, 0.15) is 11.6 Å². The highest BCUT2D eigenvalue weighted by molar-refractivity contribution is 6.05. The number of carbonyl (C=O) groups excluding carboxylic acids is 2. The van der Waals surface area contributed by atoms with E-state index in [9.17, 15) is 18.4 Å². The molecule has 3 N–H and O–H groups in total. The Morgan fingerprint density at radius 3 is 2.25 bits per heavy atom. The number of primary amides is 1. The lowest BCUT2D eigenvalue weighted by molar-refractivity contribution is 0.0992. The summed E-state index contributed by atoms with van der Waals surface area (Å²) in [4.78, 5) is 22.8. The molecule has 2 aromatic carbocycles. The predicted molar refractivity (Wildman–Crippen MR) is 69.3 cm³/mol. The summed E-state index contributed by atoms with van der Waals surface area (Å²) in [6, 6.07) is 9.45. The molecule has 2 rings (SSSR count). The fourth-order valence-corrected chi connectivity index (χ4v) is 1.62. The first-order valence-corrected chi connectivity index (χ1v) is 5.64. The second kappa shape index (κ2) is 5.48. The zero-order valence-electron chi connectivity index (χ0n) is 10.2. The van der Waals surface area contributed by atoms with Crippen molar-refractivity contribution in [2.75, 3.05) is 5.32 Å². The number of nitrogens with one attached hydrogen (secondary N) is 1. The second-order valence-electron chi connectivity index (χ2n) is 4.00. The Morgan fingerprint density at radius 1 is 1.00 bits per heavy atom. The Balaban J connectivity index is 2.32. The van der Waals surface area contributed by atoms with Gasteiger partial charge in [-0.15, -0.1) is 0 Å². The zero-order valence-corrected chi connectivity index (χ0v) is 10.2. The highest BCUT2D eigenvalue weighted by atomic mass is 19.1. The lowest BCUT2D eigenvalue weighted by Gasteiger charge is -2.08. The summed E-state index contributed by atoms with van der Waals surface area (Å²) in [5.74, 6) is -3.69. The highest BCUT2D eigenvalue weighted by Crippen LogP contribution is 2.20. The SMILES string of the molecule is NC(=O)c1cc(NC(=O)c2ccccc2)c(F)cc1F. The van der Waals surface area contributed by atoms with Gasteiger partial charge >= 0.3 is 0 Å². The van der Waals surface area contributed by atoms with Crippen molar-refractivity contribution in [1.29, 1.82) is 0 Å². The number of hydrogen-bond acceptors (Lipinski definition) is 2. The van der Waals surface area contributed by atoms with Crippen LogP contribution in [0.4, 0.5) is 14.5 Å². The van der Waals surface area contributed by atoms with Gasteiger partial charge in [-0.05, 0) is 18.2 Å². The van der Waals surface area contributed by atoms with Crippen LogP contribution in [0.5, 0.6) is 0 Å². The van der Waals surface area contributed by atoms with Crippen LogP contribution in [0.1, 0.15) is 20.7 Å². The molecular formula is C14H10F2N2O2. The number of amides is 2. The quantitative estimate of drug-likeness (QED) is 0.903. The van der Waals surface area contributed by atoms with Gasteiger partial charge in [0.25, 0.3) is 11.8 Å². The maximum Gasteiger partial charge on any atom is 0.255 e. The zero-order chi connectivity index (χ0) is 14.7. The van der Waals surface area contributed by atoms with Crippen LogP contribution in [0.25, 0.3) is 0 Å². The summed E-state index contributed by atoms with van der Waals surface area (Å²) in [5, 5.41) is 2.26. The summed E-state index contributed by atoms with van der Waals surface area (Å²) in [6.07, 6.45) is 0. The summed E-state index contributed by atoms with van der Waals surface area (Å²) < 4.78 is 26.9. The maximum atomic E-state index is 13.6. The van der Waals surface area contributed by atoms with Crippen molar-refractivity contribution in [3.63, 3.8) is 0 Å². The Morgan fingerprint density at radius 2 is 1.65 bits per heavy atom. The molecule has 0 saturated heterocycles. The molecule has 0 bridgehead atoms. The highest BCUT2D eigenvalue weighted by Gasteiger charge is 2.16. The van der Waals surface area contributed by atoms with E-state index < -0.39 is 29.0 Å². The Labute approximate surface area is 113 Å². The normalized spacial score (nSPS) is 10.1. The van der Waals surface area contributed by atoms with Crippen molar-refractivity contribution in [2.45, 2.75) is 0 Å². The maximum absolute atomic E-state index is 13.6. The molecule has 102 valence electrons. The van der Waals surface area contributed by atoms with E-state index in [0.717, 1.165) is 6.07 Å². The van der Waals surface area contributed by atoms with E-state index in [1.54, 1.807) is 18.2 Å².